The second kappa shape index (κ2) is 4.63. The third-order valence-corrected chi connectivity index (χ3v) is 4.96. The lowest BCUT2D eigenvalue weighted by Crippen LogP contribution is -2.08. The Morgan fingerprint density at radius 1 is 1.63 bits per heavy atom. The summed E-state index contributed by atoms with van der Waals surface area (Å²) in [6.45, 7) is 4.32. The quantitative estimate of drug-likeness (QED) is 0.906. The van der Waals surface area contributed by atoms with Crippen molar-refractivity contribution in [3.63, 3.8) is 0 Å². The van der Waals surface area contributed by atoms with Crippen molar-refractivity contribution in [1.82, 2.24) is 9.78 Å². The predicted octanol–water partition coefficient (Wildman–Crippen LogP) is 3.72. The molecule has 3 rings (SSSR count). The van der Waals surface area contributed by atoms with Crippen molar-refractivity contribution in [3.05, 3.63) is 16.6 Å². The summed E-state index contributed by atoms with van der Waals surface area (Å²) in [5.41, 5.74) is 1.05. The highest BCUT2D eigenvalue weighted by atomic mass is 32.1. The molecule has 1 aliphatic carbocycles. The van der Waals surface area contributed by atoms with E-state index in [2.05, 4.69) is 18.5 Å². The maximum Gasteiger partial charge on any atom is 0.345 e. The van der Waals surface area contributed by atoms with Crippen LogP contribution in [-0.4, -0.2) is 20.9 Å². The molecule has 0 radical (unpaired) electrons. The van der Waals surface area contributed by atoms with E-state index in [0.717, 1.165) is 28.8 Å². The Hall–Kier alpha value is -1.36. The standard InChI is InChI=1S/C14H18N2O2S/c1-3-4-11-10-7-12(14(17)18)19-13(10)16(15-11)8(2)9-5-6-9/h7-9H,3-6H2,1-2H3,(H,17,18). The molecule has 0 aliphatic heterocycles. The number of carbonyl (C=O) groups is 1. The second-order valence-electron chi connectivity index (χ2n) is 5.35. The van der Waals surface area contributed by atoms with Gasteiger partial charge in [0.15, 0.2) is 0 Å². The summed E-state index contributed by atoms with van der Waals surface area (Å²) in [7, 11) is 0. The van der Waals surface area contributed by atoms with Crippen molar-refractivity contribution < 1.29 is 9.90 Å². The number of thiophene rings is 1. The minimum absolute atomic E-state index is 0.383. The molecule has 102 valence electrons. The lowest BCUT2D eigenvalue weighted by Gasteiger charge is -2.11. The van der Waals surface area contributed by atoms with Crippen molar-refractivity contribution in [3.8, 4) is 0 Å². The number of fused-ring (bicyclic) bond motifs is 1. The second-order valence-corrected chi connectivity index (χ2v) is 6.38. The van der Waals surface area contributed by atoms with E-state index in [1.54, 1.807) is 6.07 Å². The predicted molar refractivity (Wildman–Crippen MR) is 76.0 cm³/mol. The molecule has 5 heteroatoms. The van der Waals surface area contributed by atoms with E-state index in [1.165, 1.54) is 24.2 Å². The number of aromatic carboxylic acids is 1. The molecule has 0 amide bonds. The zero-order chi connectivity index (χ0) is 13.6. The molecule has 1 unspecified atom stereocenters. The average molecular weight is 278 g/mol. The molecule has 1 saturated carbocycles. The summed E-state index contributed by atoms with van der Waals surface area (Å²) in [5, 5.41) is 14.9. The van der Waals surface area contributed by atoms with Crippen LogP contribution in [0.2, 0.25) is 0 Å². The first-order valence-corrected chi connectivity index (χ1v) is 7.67. The normalized spacial score (nSPS) is 16.9. The number of carboxylic acids is 1. The third kappa shape index (κ3) is 2.16. The summed E-state index contributed by atoms with van der Waals surface area (Å²) in [6, 6.07) is 2.17. The fourth-order valence-electron chi connectivity index (χ4n) is 2.57. The molecule has 0 bridgehead atoms. The van der Waals surface area contributed by atoms with Crippen molar-refractivity contribution in [1.29, 1.82) is 0 Å². The molecule has 1 N–H and O–H groups in total. The summed E-state index contributed by atoms with van der Waals surface area (Å²) in [5.74, 6) is -0.123. The summed E-state index contributed by atoms with van der Waals surface area (Å²) < 4.78 is 2.06. The number of nitrogens with zero attached hydrogens (tertiary/aromatic N) is 2. The van der Waals surface area contributed by atoms with Crippen LogP contribution in [0.5, 0.6) is 0 Å². The highest BCUT2D eigenvalue weighted by Gasteiger charge is 2.31. The number of hydrogen-bond acceptors (Lipinski definition) is 3. The molecule has 0 spiro atoms. The van der Waals surface area contributed by atoms with Crippen LogP contribution in [0.15, 0.2) is 6.07 Å². The fraction of sp³-hybridized carbons (Fsp3) is 0.571. The van der Waals surface area contributed by atoms with E-state index >= 15 is 0 Å². The Morgan fingerprint density at radius 2 is 2.37 bits per heavy atom. The number of aryl methyl sites for hydroxylation is 1. The van der Waals surface area contributed by atoms with E-state index in [1.807, 2.05) is 0 Å². The van der Waals surface area contributed by atoms with Crippen LogP contribution >= 0.6 is 11.3 Å². The molecule has 1 atom stereocenters. The van der Waals surface area contributed by atoms with Gasteiger partial charge in [0, 0.05) is 5.39 Å². The minimum Gasteiger partial charge on any atom is -0.477 e. The van der Waals surface area contributed by atoms with Crippen molar-refractivity contribution in [2.45, 2.75) is 45.6 Å². The van der Waals surface area contributed by atoms with Gasteiger partial charge in [-0.2, -0.15) is 5.10 Å². The van der Waals surface area contributed by atoms with E-state index in [-0.39, 0.29) is 0 Å². The van der Waals surface area contributed by atoms with Gasteiger partial charge in [-0.15, -0.1) is 11.3 Å². The van der Waals surface area contributed by atoms with Gasteiger partial charge in [0.1, 0.15) is 9.71 Å². The Balaban J connectivity index is 2.11. The van der Waals surface area contributed by atoms with Crippen molar-refractivity contribution >= 4 is 27.5 Å². The Labute approximate surface area is 116 Å². The van der Waals surface area contributed by atoms with Crippen molar-refractivity contribution in [2.75, 3.05) is 0 Å². The SMILES string of the molecule is CCCc1nn(C(C)C2CC2)c2sc(C(=O)O)cc12. The highest BCUT2D eigenvalue weighted by Crippen LogP contribution is 2.42. The Morgan fingerprint density at radius 3 is 2.95 bits per heavy atom. The molecule has 4 nitrogen and oxygen atoms in total. The van der Waals surface area contributed by atoms with Gasteiger partial charge in [-0.25, -0.2) is 4.79 Å². The number of rotatable bonds is 5. The number of aromatic nitrogens is 2. The van der Waals surface area contributed by atoms with Gasteiger partial charge in [-0.1, -0.05) is 13.3 Å². The van der Waals surface area contributed by atoms with Gasteiger partial charge in [0.05, 0.1) is 11.7 Å². The molecular formula is C14H18N2O2S. The van der Waals surface area contributed by atoms with Crippen LogP contribution in [0.1, 0.15) is 54.5 Å². The first kappa shape index (κ1) is 12.7. The van der Waals surface area contributed by atoms with Crippen LogP contribution in [-0.2, 0) is 6.42 Å². The van der Waals surface area contributed by atoms with Crippen LogP contribution in [0.3, 0.4) is 0 Å². The van der Waals surface area contributed by atoms with Gasteiger partial charge >= 0.3 is 5.97 Å². The number of carboxylic acid groups (broad SMARTS) is 1. The van der Waals surface area contributed by atoms with E-state index < -0.39 is 5.97 Å². The maximum atomic E-state index is 11.1. The first-order chi connectivity index (χ1) is 9.11. The van der Waals surface area contributed by atoms with Gasteiger partial charge in [0.25, 0.3) is 0 Å². The average Bonchev–Trinajstić information content (AvgIpc) is 3.03. The largest absolute Gasteiger partial charge is 0.477 e. The lowest BCUT2D eigenvalue weighted by molar-refractivity contribution is 0.0702. The zero-order valence-electron chi connectivity index (χ0n) is 11.2. The molecule has 1 aliphatic rings. The Kier molecular flexibility index (Phi) is 3.09. The molecule has 2 aromatic rings. The monoisotopic (exact) mass is 278 g/mol. The summed E-state index contributed by atoms with van der Waals surface area (Å²) in [6.07, 6.45) is 4.48. The highest BCUT2D eigenvalue weighted by molar-refractivity contribution is 7.20. The number of hydrogen-bond donors (Lipinski definition) is 1. The van der Waals surface area contributed by atoms with Gasteiger partial charge in [-0.05, 0) is 38.2 Å². The molecular weight excluding hydrogens is 260 g/mol. The van der Waals surface area contributed by atoms with Crippen molar-refractivity contribution in [2.24, 2.45) is 5.92 Å². The summed E-state index contributed by atoms with van der Waals surface area (Å²) >= 11 is 1.35. The molecule has 2 heterocycles. The smallest absolute Gasteiger partial charge is 0.345 e. The van der Waals surface area contributed by atoms with E-state index in [4.69, 9.17) is 10.2 Å². The zero-order valence-corrected chi connectivity index (χ0v) is 12.0. The maximum absolute atomic E-state index is 11.1. The van der Waals surface area contributed by atoms with Gasteiger partial charge < -0.3 is 5.11 Å². The molecule has 2 aromatic heterocycles. The van der Waals surface area contributed by atoms with Crippen LogP contribution in [0.4, 0.5) is 0 Å². The third-order valence-electron chi connectivity index (χ3n) is 3.85. The minimum atomic E-state index is -0.839. The van der Waals surface area contributed by atoms with E-state index in [9.17, 15) is 4.79 Å². The summed E-state index contributed by atoms with van der Waals surface area (Å²) in [4.78, 5) is 12.6. The topological polar surface area (TPSA) is 55.1 Å². The Bertz CT molecular complexity index is 625. The molecule has 19 heavy (non-hydrogen) atoms. The molecule has 0 saturated heterocycles. The first-order valence-electron chi connectivity index (χ1n) is 6.86. The van der Waals surface area contributed by atoms with Crippen LogP contribution in [0, 0.1) is 5.92 Å². The van der Waals surface area contributed by atoms with Crippen LogP contribution in [0.25, 0.3) is 10.2 Å². The van der Waals surface area contributed by atoms with E-state index in [0.29, 0.717) is 16.8 Å². The van der Waals surface area contributed by atoms with Gasteiger partial charge in [-0.3, -0.25) is 4.68 Å². The van der Waals surface area contributed by atoms with Gasteiger partial charge in [0.2, 0.25) is 0 Å². The molecule has 0 aromatic carbocycles. The lowest BCUT2D eigenvalue weighted by atomic mass is 10.2. The fourth-order valence-corrected chi connectivity index (χ4v) is 3.63. The molecule has 1 fully saturated rings. The van der Waals surface area contributed by atoms with Crippen LogP contribution < -0.4 is 0 Å².